The third-order valence-corrected chi connectivity index (χ3v) is 4.07. The lowest BCUT2D eigenvalue weighted by Crippen LogP contribution is -2.20. The molecule has 0 fully saturated rings. The maximum atomic E-state index is 12.8. The summed E-state index contributed by atoms with van der Waals surface area (Å²) in [4.78, 5) is 16.0. The lowest BCUT2D eigenvalue weighted by Gasteiger charge is -2.05. The zero-order chi connectivity index (χ0) is 16.7. The number of methoxy groups -OCH3 is 2. The molecule has 120 valence electrons. The minimum absolute atomic E-state index is 0.201. The SMILES string of the molecule is COc1ccc(-n2ncc3c([nH]c4ccc(OC)cc43)c2=O)cc1. The molecule has 2 aromatic heterocycles. The van der Waals surface area contributed by atoms with Gasteiger partial charge in [0.1, 0.15) is 17.0 Å². The Morgan fingerprint density at radius 3 is 2.38 bits per heavy atom. The summed E-state index contributed by atoms with van der Waals surface area (Å²) in [6, 6.07) is 12.8. The van der Waals surface area contributed by atoms with E-state index in [2.05, 4.69) is 10.1 Å². The topological polar surface area (TPSA) is 69.1 Å². The summed E-state index contributed by atoms with van der Waals surface area (Å²) in [5.74, 6) is 1.47. The fourth-order valence-electron chi connectivity index (χ4n) is 2.80. The molecule has 0 aliphatic heterocycles. The van der Waals surface area contributed by atoms with Crippen LogP contribution in [0.25, 0.3) is 27.5 Å². The molecule has 0 amide bonds. The van der Waals surface area contributed by atoms with Gasteiger partial charge in [0.15, 0.2) is 0 Å². The summed E-state index contributed by atoms with van der Waals surface area (Å²) in [5.41, 5.74) is 1.87. The van der Waals surface area contributed by atoms with Crippen LogP contribution >= 0.6 is 0 Å². The van der Waals surface area contributed by atoms with Crippen LogP contribution < -0.4 is 15.0 Å². The van der Waals surface area contributed by atoms with E-state index in [1.54, 1.807) is 44.7 Å². The summed E-state index contributed by atoms with van der Waals surface area (Å²) in [6.07, 6.45) is 1.69. The summed E-state index contributed by atoms with van der Waals surface area (Å²) in [6.45, 7) is 0. The van der Waals surface area contributed by atoms with Crippen molar-refractivity contribution < 1.29 is 9.47 Å². The molecule has 4 rings (SSSR count). The van der Waals surface area contributed by atoms with Crippen LogP contribution in [0.3, 0.4) is 0 Å². The molecular formula is C18H15N3O3. The van der Waals surface area contributed by atoms with Gasteiger partial charge in [-0.2, -0.15) is 9.78 Å². The maximum Gasteiger partial charge on any atom is 0.295 e. The van der Waals surface area contributed by atoms with Crippen molar-refractivity contribution in [1.29, 1.82) is 0 Å². The molecule has 0 aliphatic carbocycles. The van der Waals surface area contributed by atoms with Crippen molar-refractivity contribution in [3.8, 4) is 17.2 Å². The predicted octanol–water partition coefficient (Wildman–Crippen LogP) is 2.88. The normalized spacial score (nSPS) is 11.1. The summed E-state index contributed by atoms with van der Waals surface area (Å²) < 4.78 is 11.8. The Morgan fingerprint density at radius 2 is 1.67 bits per heavy atom. The number of hydrogen-bond acceptors (Lipinski definition) is 4. The lowest BCUT2D eigenvalue weighted by atomic mass is 10.2. The monoisotopic (exact) mass is 321 g/mol. The number of ether oxygens (including phenoxy) is 2. The van der Waals surface area contributed by atoms with Gasteiger partial charge in [-0.1, -0.05) is 0 Å². The number of aromatic nitrogens is 3. The van der Waals surface area contributed by atoms with Crippen LogP contribution in [0.1, 0.15) is 0 Å². The van der Waals surface area contributed by atoms with Crippen molar-refractivity contribution in [3.63, 3.8) is 0 Å². The van der Waals surface area contributed by atoms with Crippen LogP contribution in [0.15, 0.2) is 53.5 Å². The highest BCUT2D eigenvalue weighted by molar-refractivity contribution is 6.07. The van der Waals surface area contributed by atoms with Crippen LogP contribution in [-0.2, 0) is 0 Å². The summed E-state index contributed by atoms with van der Waals surface area (Å²) in [7, 11) is 3.22. The number of H-pyrrole nitrogens is 1. The van der Waals surface area contributed by atoms with E-state index in [0.717, 1.165) is 27.8 Å². The number of fused-ring (bicyclic) bond motifs is 3. The fraction of sp³-hybridized carbons (Fsp3) is 0.111. The molecule has 6 nitrogen and oxygen atoms in total. The average Bonchev–Trinajstić information content (AvgIpc) is 3.01. The Labute approximate surface area is 137 Å². The summed E-state index contributed by atoms with van der Waals surface area (Å²) >= 11 is 0. The van der Waals surface area contributed by atoms with Crippen molar-refractivity contribution in [3.05, 3.63) is 59.0 Å². The van der Waals surface area contributed by atoms with E-state index in [9.17, 15) is 4.79 Å². The van der Waals surface area contributed by atoms with Gasteiger partial charge in [-0.05, 0) is 42.5 Å². The van der Waals surface area contributed by atoms with Crippen molar-refractivity contribution >= 4 is 21.8 Å². The molecule has 0 aliphatic rings. The number of aromatic amines is 1. The second kappa shape index (κ2) is 5.42. The van der Waals surface area contributed by atoms with Gasteiger partial charge in [0, 0.05) is 16.3 Å². The highest BCUT2D eigenvalue weighted by Crippen LogP contribution is 2.26. The molecule has 2 aromatic carbocycles. The highest BCUT2D eigenvalue weighted by Gasteiger charge is 2.12. The lowest BCUT2D eigenvalue weighted by molar-refractivity contribution is 0.414. The van der Waals surface area contributed by atoms with Crippen LogP contribution in [0.4, 0.5) is 0 Å². The van der Waals surface area contributed by atoms with Gasteiger partial charge in [-0.25, -0.2) is 0 Å². The second-order valence-corrected chi connectivity index (χ2v) is 5.38. The average molecular weight is 321 g/mol. The molecule has 1 N–H and O–H groups in total. The molecule has 0 unspecified atom stereocenters. The van der Waals surface area contributed by atoms with Gasteiger partial charge in [-0.15, -0.1) is 0 Å². The Kier molecular flexibility index (Phi) is 3.23. The number of nitrogens with one attached hydrogen (secondary N) is 1. The van der Waals surface area contributed by atoms with Gasteiger partial charge in [0.05, 0.1) is 26.1 Å². The van der Waals surface area contributed by atoms with E-state index in [4.69, 9.17) is 9.47 Å². The first-order chi connectivity index (χ1) is 11.7. The smallest absolute Gasteiger partial charge is 0.295 e. The number of benzene rings is 2. The predicted molar refractivity (Wildman–Crippen MR) is 92.3 cm³/mol. The molecule has 0 saturated heterocycles. The van der Waals surface area contributed by atoms with Crippen molar-refractivity contribution in [1.82, 2.24) is 14.8 Å². The minimum Gasteiger partial charge on any atom is -0.497 e. The standard InChI is InChI=1S/C18H15N3O3/c1-23-12-5-3-11(4-6-12)21-18(22)17-15(10-19-21)14-9-13(24-2)7-8-16(14)20-17/h3-10,20H,1-2H3. The van der Waals surface area contributed by atoms with Crippen LogP contribution in [0, 0.1) is 0 Å². The maximum absolute atomic E-state index is 12.8. The first-order valence-corrected chi connectivity index (χ1v) is 7.43. The number of nitrogens with zero attached hydrogens (tertiary/aromatic N) is 2. The quantitative estimate of drug-likeness (QED) is 0.630. The van der Waals surface area contributed by atoms with E-state index in [0.29, 0.717) is 11.2 Å². The van der Waals surface area contributed by atoms with Crippen LogP contribution in [-0.4, -0.2) is 29.0 Å². The molecule has 0 atom stereocenters. The number of rotatable bonds is 3. The van der Waals surface area contributed by atoms with E-state index in [1.165, 1.54) is 4.68 Å². The molecule has 0 bridgehead atoms. The van der Waals surface area contributed by atoms with Gasteiger partial charge in [-0.3, -0.25) is 4.79 Å². The van der Waals surface area contributed by atoms with Gasteiger partial charge < -0.3 is 14.5 Å². The molecule has 2 heterocycles. The molecule has 4 aromatic rings. The second-order valence-electron chi connectivity index (χ2n) is 5.38. The molecule has 0 saturated carbocycles. The first-order valence-electron chi connectivity index (χ1n) is 7.43. The van der Waals surface area contributed by atoms with Gasteiger partial charge >= 0.3 is 0 Å². The molecule has 0 radical (unpaired) electrons. The van der Waals surface area contributed by atoms with Crippen molar-refractivity contribution in [2.45, 2.75) is 0 Å². The summed E-state index contributed by atoms with van der Waals surface area (Å²) in [5, 5.41) is 6.00. The van der Waals surface area contributed by atoms with Crippen molar-refractivity contribution in [2.24, 2.45) is 0 Å². The number of hydrogen-bond donors (Lipinski definition) is 1. The Bertz CT molecular complexity index is 1090. The fourth-order valence-corrected chi connectivity index (χ4v) is 2.80. The third-order valence-electron chi connectivity index (χ3n) is 4.07. The first kappa shape index (κ1) is 14.3. The van der Waals surface area contributed by atoms with Gasteiger partial charge in [0.25, 0.3) is 5.56 Å². The van der Waals surface area contributed by atoms with Crippen LogP contribution in [0.2, 0.25) is 0 Å². The zero-order valence-corrected chi connectivity index (χ0v) is 13.2. The van der Waals surface area contributed by atoms with Gasteiger partial charge in [0.2, 0.25) is 0 Å². The molecule has 6 heteroatoms. The minimum atomic E-state index is -0.201. The molecule has 0 spiro atoms. The van der Waals surface area contributed by atoms with Crippen molar-refractivity contribution in [2.75, 3.05) is 14.2 Å². The Balaban J connectivity index is 1.94. The van der Waals surface area contributed by atoms with E-state index < -0.39 is 0 Å². The van der Waals surface area contributed by atoms with Crippen LogP contribution in [0.5, 0.6) is 11.5 Å². The van der Waals surface area contributed by atoms with E-state index in [1.807, 2.05) is 18.2 Å². The Morgan fingerprint density at radius 1 is 0.958 bits per heavy atom. The Hall–Kier alpha value is -3.28. The zero-order valence-electron chi connectivity index (χ0n) is 13.2. The third kappa shape index (κ3) is 2.11. The highest BCUT2D eigenvalue weighted by atomic mass is 16.5. The largest absolute Gasteiger partial charge is 0.497 e. The molecular weight excluding hydrogens is 306 g/mol. The molecule has 24 heavy (non-hydrogen) atoms. The van der Waals surface area contributed by atoms with E-state index >= 15 is 0 Å². The van der Waals surface area contributed by atoms with E-state index in [-0.39, 0.29) is 5.56 Å².